The Balaban J connectivity index is 1.84. The van der Waals surface area contributed by atoms with Crippen molar-refractivity contribution in [2.24, 2.45) is 5.92 Å². The second-order valence-electron chi connectivity index (χ2n) is 6.51. The Hall–Kier alpha value is -1.93. The second-order valence-corrected chi connectivity index (χ2v) is 8.42. The van der Waals surface area contributed by atoms with E-state index in [1.807, 2.05) is 0 Å². The molecule has 0 saturated carbocycles. The Bertz CT molecular complexity index is 867. The van der Waals surface area contributed by atoms with Gasteiger partial charge >= 0.3 is 0 Å². The number of amides is 1. The number of carbonyl (C=O) groups is 1. The molecule has 0 aromatic carbocycles. The molecule has 7 nitrogen and oxygen atoms in total. The van der Waals surface area contributed by atoms with Crippen LogP contribution in [0.4, 0.5) is 0 Å². The maximum Gasteiger partial charge on any atom is 0.274 e. The molecule has 0 aliphatic carbocycles. The van der Waals surface area contributed by atoms with Gasteiger partial charge in [-0.1, -0.05) is 13.0 Å². The van der Waals surface area contributed by atoms with E-state index >= 15 is 0 Å². The highest BCUT2D eigenvalue weighted by molar-refractivity contribution is 7.90. The van der Waals surface area contributed by atoms with E-state index in [4.69, 9.17) is 0 Å². The van der Waals surface area contributed by atoms with Crippen LogP contribution >= 0.6 is 0 Å². The molecule has 1 aliphatic heterocycles. The van der Waals surface area contributed by atoms with Crippen molar-refractivity contribution in [3.63, 3.8) is 0 Å². The van der Waals surface area contributed by atoms with E-state index in [1.165, 1.54) is 4.40 Å². The van der Waals surface area contributed by atoms with Gasteiger partial charge in [0.05, 0.1) is 5.52 Å². The molecule has 2 aromatic rings. The van der Waals surface area contributed by atoms with Crippen molar-refractivity contribution in [1.29, 1.82) is 0 Å². The summed E-state index contributed by atoms with van der Waals surface area (Å²) in [6, 6.07) is 5.24. The average Bonchev–Trinajstić information content (AvgIpc) is 3.00. The molecule has 0 radical (unpaired) electrons. The van der Waals surface area contributed by atoms with Gasteiger partial charge in [-0.15, -0.1) is 0 Å². The SMILES string of the molecule is CCNCC1CCN(C(=O)c2nc(S(C)(=O)=O)n3ccccc23)CC1. The number of fused-ring (bicyclic) bond motifs is 1. The lowest BCUT2D eigenvalue weighted by Gasteiger charge is -2.31. The van der Waals surface area contributed by atoms with Gasteiger partial charge in [0.2, 0.25) is 15.0 Å². The third kappa shape index (κ3) is 3.69. The molecule has 0 spiro atoms. The van der Waals surface area contributed by atoms with E-state index in [-0.39, 0.29) is 16.8 Å². The minimum Gasteiger partial charge on any atom is -0.337 e. The number of hydrogen-bond donors (Lipinski definition) is 1. The molecule has 1 aliphatic rings. The molecule has 25 heavy (non-hydrogen) atoms. The first-order valence-corrected chi connectivity index (χ1v) is 10.5. The van der Waals surface area contributed by atoms with Crippen molar-refractivity contribution in [2.45, 2.75) is 24.9 Å². The summed E-state index contributed by atoms with van der Waals surface area (Å²) >= 11 is 0. The highest BCUT2D eigenvalue weighted by Crippen LogP contribution is 2.22. The van der Waals surface area contributed by atoms with Gasteiger partial charge in [0.1, 0.15) is 0 Å². The molecule has 3 heterocycles. The van der Waals surface area contributed by atoms with Crippen LogP contribution in [0.3, 0.4) is 0 Å². The number of sulfone groups is 1. The lowest BCUT2D eigenvalue weighted by Crippen LogP contribution is -2.41. The molecule has 1 amide bonds. The standard InChI is InChI=1S/C17H24N4O3S/c1-3-18-12-13-7-10-20(11-8-13)16(22)15-14-6-4-5-9-21(14)17(19-15)25(2,23)24/h4-6,9,13,18H,3,7-8,10-12H2,1-2H3. The second kappa shape index (κ2) is 7.13. The lowest BCUT2D eigenvalue weighted by molar-refractivity contribution is 0.0686. The first kappa shape index (κ1) is 17.9. The highest BCUT2D eigenvalue weighted by atomic mass is 32.2. The molecular formula is C17H24N4O3S. The fraction of sp³-hybridized carbons (Fsp3) is 0.529. The third-order valence-electron chi connectivity index (χ3n) is 4.64. The fourth-order valence-corrected chi connectivity index (χ4v) is 4.04. The van der Waals surface area contributed by atoms with Gasteiger partial charge in [0, 0.05) is 25.5 Å². The predicted molar refractivity (Wildman–Crippen MR) is 95.5 cm³/mol. The number of pyridine rings is 1. The van der Waals surface area contributed by atoms with E-state index in [0.717, 1.165) is 32.2 Å². The molecule has 8 heteroatoms. The molecule has 2 aromatic heterocycles. The van der Waals surface area contributed by atoms with Crippen molar-refractivity contribution in [1.82, 2.24) is 19.6 Å². The molecule has 0 bridgehead atoms. The quantitative estimate of drug-likeness (QED) is 0.862. The van der Waals surface area contributed by atoms with Gasteiger partial charge < -0.3 is 10.2 Å². The molecule has 136 valence electrons. The van der Waals surface area contributed by atoms with Crippen LogP contribution in [0.25, 0.3) is 5.52 Å². The van der Waals surface area contributed by atoms with Crippen LogP contribution in [0.2, 0.25) is 0 Å². The van der Waals surface area contributed by atoms with Crippen molar-refractivity contribution < 1.29 is 13.2 Å². The van der Waals surface area contributed by atoms with Gasteiger partial charge in [0.25, 0.3) is 5.91 Å². The normalized spacial score (nSPS) is 16.5. The molecule has 1 saturated heterocycles. The summed E-state index contributed by atoms with van der Waals surface area (Å²) < 4.78 is 25.4. The zero-order valence-corrected chi connectivity index (χ0v) is 15.4. The predicted octanol–water partition coefficient (Wildman–Crippen LogP) is 1.20. The largest absolute Gasteiger partial charge is 0.337 e. The molecule has 3 rings (SSSR count). The van der Waals surface area contributed by atoms with Crippen LogP contribution in [0.5, 0.6) is 0 Å². The zero-order valence-electron chi connectivity index (χ0n) is 14.6. The Morgan fingerprint density at radius 2 is 2.04 bits per heavy atom. The van der Waals surface area contributed by atoms with Crippen molar-refractivity contribution in [2.75, 3.05) is 32.4 Å². The number of carbonyl (C=O) groups excluding carboxylic acids is 1. The summed E-state index contributed by atoms with van der Waals surface area (Å²) in [5.74, 6) is 0.384. The summed E-state index contributed by atoms with van der Waals surface area (Å²) in [6.07, 6.45) is 4.63. The van der Waals surface area contributed by atoms with Crippen LogP contribution in [0, 0.1) is 5.92 Å². The highest BCUT2D eigenvalue weighted by Gasteiger charge is 2.28. The number of imidazole rings is 1. The van der Waals surface area contributed by atoms with Gasteiger partial charge in [-0.05, 0) is 44.0 Å². The summed E-state index contributed by atoms with van der Waals surface area (Å²) in [5.41, 5.74) is 0.744. The maximum atomic E-state index is 12.9. The Morgan fingerprint density at radius 1 is 1.32 bits per heavy atom. The van der Waals surface area contributed by atoms with Crippen LogP contribution in [-0.2, 0) is 9.84 Å². The fourth-order valence-electron chi connectivity index (χ4n) is 3.27. The summed E-state index contributed by atoms with van der Waals surface area (Å²) in [5, 5.41) is 3.26. The minimum atomic E-state index is -3.52. The van der Waals surface area contributed by atoms with E-state index in [2.05, 4.69) is 17.2 Å². The van der Waals surface area contributed by atoms with Crippen LogP contribution < -0.4 is 5.32 Å². The Labute approximate surface area is 148 Å². The number of piperidine rings is 1. The Kier molecular flexibility index (Phi) is 5.10. The minimum absolute atomic E-state index is 0.0894. The Morgan fingerprint density at radius 3 is 2.68 bits per heavy atom. The monoisotopic (exact) mass is 364 g/mol. The number of hydrogen-bond acceptors (Lipinski definition) is 5. The first-order chi connectivity index (χ1) is 11.9. The summed E-state index contributed by atoms with van der Waals surface area (Å²) in [7, 11) is -3.52. The molecule has 0 atom stereocenters. The van der Waals surface area contributed by atoms with E-state index in [1.54, 1.807) is 29.3 Å². The zero-order chi connectivity index (χ0) is 18.0. The third-order valence-corrected chi connectivity index (χ3v) is 5.59. The smallest absolute Gasteiger partial charge is 0.274 e. The van der Waals surface area contributed by atoms with Crippen molar-refractivity contribution in [3.8, 4) is 0 Å². The maximum absolute atomic E-state index is 12.9. The molecular weight excluding hydrogens is 340 g/mol. The van der Waals surface area contributed by atoms with Gasteiger partial charge in [-0.3, -0.25) is 9.20 Å². The topological polar surface area (TPSA) is 83.8 Å². The van der Waals surface area contributed by atoms with E-state index < -0.39 is 9.84 Å². The van der Waals surface area contributed by atoms with Gasteiger partial charge in [-0.25, -0.2) is 13.4 Å². The van der Waals surface area contributed by atoms with E-state index in [0.29, 0.717) is 24.5 Å². The first-order valence-electron chi connectivity index (χ1n) is 8.59. The molecule has 1 N–H and O–H groups in total. The number of aromatic nitrogens is 2. The lowest BCUT2D eigenvalue weighted by atomic mass is 9.96. The van der Waals surface area contributed by atoms with Crippen molar-refractivity contribution >= 4 is 21.3 Å². The number of nitrogens with one attached hydrogen (secondary N) is 1. The number of nitrogens with zero attached hydrogens (tertiary/aromatic N) is 3. The molecule has 0 unspecified atom stereocenters. The van der Waals surface area contributed by atoms with E-state index in [9.17, 15) is 13.2 Å². The summed E-state index contributed by atoms with van der Waals surface area (Å²) in [4.78, 5) is 18.9. The molecule has 1 fully saturated rings. The van der Waals surface area contributed by atoms with Crippen LogP contribution in [0.15, 0.2) is 29.6 Å². The average molecular weight is 364 g/mol. The number of likely N-dealkylation sites (tertiary alicyclic amines) is 1. The van der Waals surface area contributed by atoms with Crippen molar-refractivity contribution in [3.05, 3.63) is 30.1 Å². The van der Waals surface area contributed by atoms with Gasteiger partial charge in [-0.2, -0.15) is 0 Å². The van der Waals surface area contributed by atoms with Gasteiger partial charge in [0.15, 0.2) is 5.69 Å². The summed E-state index contributed by atoms with van der Waals surface area (Å²) in [6.45, 7) is 5.37. The van der Waals surface area contributed by atoms with Crippen LogP contribution in [0.1, 0.15) is 30.3 Å². The number of rotatable bonds is 5. The van der Waals surface area contributed by atoms with Crippen LogP contribution in [-0.4, -0.2) is 61.0 Å².